The van der Waals surface area contributed by atoms with Crippen molar-refractivity contribution in [3.8, 4) is 5.75 Å². The van der Waals surface area contributed by atoms with E-state index in [-0.39, 0.29) is 5.75 Å². The van der Waals surface area contributed by atoms with Crippen LogP contribution in [-0.4, -0.2) is 6.61 Å². The highest BCUT2D eigenvalue weighted by molar-refractivity contribution is 5.29. The standard InChI is InChI=1S/C25H36F2O/c1-2-3-4-5-6-19-7-9-20(10-8-19)21-11-13-22(14-12-21)23-15-17-24(18-16-23)28-25(26)27/h7,15-18,20-22,25H,2-6,8-14H2,1H3/t20?,21-,22-. The van der Waals surface area contributed by atoms with Gasteiger partial charge in [-0.2, -0.15) is 8.78 Å². The lowest BCUT2D eigenvalue weighted by Gasteiger charge is -2.35. The van der Waals surface area contributed by atoms with Crippen LogP contribution in [0.4, 0.5) is 8.78 Å². The number of hydrogen-bond acceptors (Lipinski definition) is 1. The summed E-state index contributed by atoms with van der Waals surface area (Å²) in [5, 5.41) is 0. The lowest BCUT2D eigenvalue weighted by Crippen LogP contribution is -2.22. The summed E-state index contributed by atoms with van der Waals surface area (Å²) in [6, 6.07) is 7.30. The number of hydrogen-bond donors (Lipinski definition) is 0. The summed E-state index contributed by atoms with van der Waals surface area (Å²) < 4.78 is 29.0. The fourth-order valence-corrected chi connectivity index (χ4v) is 5.19. The van der Waals surface area contributed by atoms with E-state index in [1.807, 2.05) is 12.1 Å². The first-order valence-corrected chi connectivity index (χ1v) is 11.4. The zero-order valence-corrected chi connectivity index (χ0v) is 17.3. The van der Waals surface area contributed by atoms with Gasteiger partial charge in [0, 0.05) is 0 Å². The van der Waals surface area contributed by atoms with Crippen molar-refractivity contribution in [2.45, 2.75) is 96.5 Å². The molecule has 1 nitrogen and oxygen atoms in total. The minimum absolute atomic E-state index is 0.256. The predicted molar refractivity (Wildman–Crippen MR) is 112 cm³/mol. The Morgan fingerprint density at radius 2 is 1.68 bits per heavy atom. The molecule has 2 aliphatic rings. The van der Waals surface area contributed by atoms with Crippen LogP contribution in [0.5, 0.6) is 5.75 Å². The number of alkyl halides is 2. The van der Waals surface area contributed by atoms with E-state index in [2.05, 4.69) is 17.7 Å². The van der Waals surface area contributed by atoms with Gasteiger partial charge in [-0.1, -0.05) is 50.0 Å². The third-order valence-electron chi connectivity index (χ3n) is 6.91. The molecule has 0 spiro atoms. The van der Waals surface area contributed by atoms with Gasteiger partial charge in [0.25, 0.3) is 0 Å². The third kappa shape index (κ3) is 6.32. The van der Waals surface area contributed by atoms with E-state index < -0.39 is 6.61 Å². The molecule has 2 aliphatic carbocycles. The summed E-state index contributed by atoms with van der Waals surface area (Å²) in [4.78, 5) is 0. The molecule has 1 atom stereocenters. The van der Waals surface area contributed by atoms with Gasteiger partial charge in [-0.25, -0.2) is 0 Å². The molecule has 1 aromatic rings. The first-order valence-electron chi connectivity index (χ1n) is 11.4. The predicted octanol–water partition coefficient (Wildman–Crippen LogP) is 8.26. The van der Waals surface area contributed by atoms with Crippen molar-refractivity contribution in [3.63, 3.8) is 0 Å². The monoisotopic (exact) mass is 390 g/mol. The van der Waals surface area contributed by atoms with Crippen LogP contribution >= 0.6 is 0 Å². The van der Waals surface area contributed by atoms with E-state index >= 15 is 0 Å². The van der Waals surface area contributed by atoms with E-state index in [9.17, 15) is 8.78 Å². The number of unbranched alkanes of at least 4 members (excludes halogenated alkanes) is 3. The molecule has 0 heterocycles. The topological polar surface area (TPSA) is 9.23 Å². The fourth-order valence-electron chi connectivity index (χ4n) is 5.19. The number of halogens is 2. The van der Waals surface area contributed by atoms with E-state index in [1.54, 1.807) is 17.7 Å². The van der Waals surface area contributed by atoms with Gasteiger partial charge in [-0.15, -0.1) is 0 Å². The van der Waals surface area contributed by atoms with E-state index in [1.165, 1.54) is 82.6 Å². The van der Waals surface area contributed by atoms with Crippen molar-refractivity contribution in [1.82, 2.24) is 0 Å². The molecular formula is C25H36F2O. The molecule has 0 saturated heterocycles. The SMILES string of the molecule is CCCCCCC1=CCC([C@H]2CC[C@H](c3ccc(OC(F)F)cc3)CC2)CC1. The summed E-state index contributed by atoms with van der Waals surface area (Å²) in [6.07, 6.45) is 18.4. The first kappa shape index (κ1) is 21.3. The van der Waals surface area contributed by atoms with Crippen molar-refractivity contribution in [1.29, 1.82) is 0 Å². The van der Waals surface area contributed by atoms with Crippen LogP contribution in [0.3, 0.4) is 0 Å². The van der Waals surface area contributed by atoms with Gasteiger partial charge in [0.15, 0.2) is 0 Å². The number of ether oxygens (including phenoxy) is 1. The molecule has 1 aromatic carbocycles. The Morgan fingerprint density at radius 3 is 2.29 bits per heavy atom. The van der Waals surface area contributed by atoms with E-state index in [4.69, 9.17) is 0 Å². The second-order valence-electron chi connectivity index (χ2n) is 8.77. The Labute approximate surface area is 169 Å². The average molecular weight is 391 g/mol. The largest absolute Gasteiger partial charge is 0.435 e. The van der Waals surface area contributed by atoms with Crippen LogP contribution in [0.25, 0.3) is 0 Å². The maximum absolute atomic E-state index is 12.3. The Balaban J connectivity index is 1.41. The Kier molecular flexibility index (Phi) is 8.36. The van der Waals surface area contributed by atoms with Gasteiger partial charge >= 0.3 is 6.61 Å². The lowest BCUT2D eigenvalue weighted by molar-refractivity contribution is -0.0498. The molecule has 3 heteroatoms. The van der Waals surface area contributed by atoms with Crippen molar-refractivity contribution >= 4 is 0 Å². The number of rotatable bonds is 9. The Morgan fingerprint density at radius 1 is 0.929 bits per heavy atom. The van der Waals surface area contributed by atoms with Gasteiger partial charge in [0.2, 0.25) is 0 Å². The van der Waals surface area contributed by atoms with Gasteiger partial charge < -0.3 is 4.74 Å². The van der Waals surface area contributed by atoms with Crippen molar-refractivity contribution < 1.29 is 13.5 Å². The van der Waals surface area contributed by atoms with Crippen LogP contribution in [0, 0.1) is 11.8 Å². The second kappa shape index (κ2) is 11.0. The Hall–Kier alpha value is -1.38. The summed E-state index contributed by atoms with van der Waals surface area (Å²) in [6.45, 7) is -0.474. The van der Waals surface area contributed by atoms with Crippen molar-refractivity contribution in [2.75, 3.05) is 0 Å². The molecule has 0 amide bonds. The maximum Gasteiger partial charge on any atom is 0.387 e. The van der Waals surface area contributed by atoms with E-state index in [0.717, 1.165) is 11.8 Å². The molecule has 1 fully saturated rings. The van der Waals surface area contributed by atoms with Gasteiger partial charge in [0.05, 0.1) is 0 Å². The maximum atomic E-state index is 12.3. The van der Waals surface area contributed by atoms with Crippen LogP contribution in [-0.2, 0) is 0 Å². The normalized spacial score (nSPS) is 25.6. The molecule has 0 radical (unpaired) electrons. The van der Waals surface area contributed by atoms with Crippen LogP contribution < -0.4 is 4.74 Å². The fraction of sp³-hybridized carbons (Fsp3) is 0.680. The quantitative estimate of drug-likeness (QED) is 0.304. The lowest BCUT2D eigenvalue weighted by atomic mass is 9.70. The summed E-state index contributed by atoms with van der Waals surface area (Å²) in [5.74, 6) is 2.58. The second-order valence-corrected chi connectivity index (χ2v) is 8.77. The van der Waals surface area contributed by atoms with Crippen molar-refractivity contribution in [3.05, 3.63) is 41.5 Å². The molecule has 0 aliphatic heterocycles. The first-order chi connectivity index (χ1) is 13.7. The number of allylic oxidation sites excluding steroid dienone is 2. The third-order valence-corrected chi connectivity index (χ3v) is 6.91. The highest BCUT2D eigenvalue weighted by Gasteiger charge is 2.29. The smallest absolute Gasteiger partial charge is 0.387 e. The highest BCUT2D eigenvalue weighted by atomic mass is 19.3. The van der Waals surface area contributed by atoms with Gasteiger partial charge in [-0.3, -0.25) is 0 Å². The highest BCUT2D eigenvalue weighted by Crippen LogP contribution is 2.43. The molecule has 0 N–H and O–H groups in total. The van der Waals surface area contributed by atoms with Crippen LogP contribution in [0.2, 0.25) is 0 Å². The average Bonchev–Trinajstić information content (AvgIpc) is 2.72. The zero-order chi connectivity index (χ0) is 19.8. The Bertz CT molecular complexity index is 599. The van der Waals surface area contributed by atoms with Crippen LogP contribution in [0.15, 0.2) is 35.9 Å². The molecule has 1 unspecified atom stereocenters. The molecule has 156 valence electrons. The molecule has 0 aromatic heterocycles. The van der Waals surface area contributed by atoms with Gasteiger partial charge in [0.1, 0.15) is 5.75 Å². The number of benzene rings is 1. The minimum atomic E-state index is -2.75. The molecule has 3 rings (SSSR count). The van der Waals surface area contributed by atoms with Crippen molar-refractivity contribution in [2.24, 2.45) is 11.8 Å². The molecule has 1 saturated carbocycles. The summed E-state index contributed by atoms with van der Waals surface area (Å²) in [5.41, 5.74) is 2.99. The van der Waals surface area contributed by atoms with Gasteiger partial charge in [-0.05, 0) is 93.2 Å². The molecular weight excluding hydrogens is 354 g/mol. The van der Waals surface area contributed by atoms with Crippen LogP contribution in [0.1, 0.15) is 95.5 Å². The summed E-state index contributed by atoms with van der Waals surface area (Å²) >= 11 is 0. The summed E-state index contributed by atoms with van der Waals surface area (Å²) in [7, 11) is 0. The van der Waals surface area contributed by atoms with E-state index in [0.29, 0.717) is 5.92 Å². The molecule has 28 heavy (non-hydrogen) atoms. The molecule has 0 bridgehead atoms. The zero-order valence-electron chi connectivity index (χ0n) is 17.3. The minimum Gasteiger partial charge on any atom is -0.435 e.